The van der Waals surface area contributed by atoms with Crippen molar-refractivity contribution in [1.29, 1.82) is 0 Å². The molecule has 2 aromatic rings. The molecule has 2 rings (SSSR count). The molecule has 0 spiro atoms. The van der Waals surface area contributed by atoms with Crippen molar-refractivity contribution in [2.75, 3.05) is 6.61 Å². The molecule has 16 heavy (non-hydrogen) atoms. The van der Waals surface area contributed by atoms with Crippen molar-refractivity contribution in [2.45, 2.75) is 12.8 Å². The van der Waals surface area contributed by atoms with Crippen LogP contribution in [0.4, 0.5) is 0 Å². The zero-order valence-corrected chi connectivity index (χ0v) is 8.89. The van der Waals surface area contributed by atoms with E-state index in [1.54, 1.807) is 17.0 Å². The summed E-state index contributed by atoms with van der Waals surface area (Å²) < 4.78 is 1.55. The van der Waals surface area contributed by atoms with Gasteiger partial charge in [-0.05, 0) is 30.5 Å². The van der Waals surface area contributed by atoms with Crippen molar-refractivity contribution >= 4 is 0 Å². The summed E-state index contributed by atoms with van der Waals surface area (Å²) in [7, 11) is 0. The minimum atomic E-state index is -0.136. The van der Waals surface area contributed by atoms with Crippen LogP contribution in [-0.2, 0) is 6.42 Å². The first-order chi connectivity index (χ1) is 7.81. The van der Waals surface area contributed by atoms with Crippen LogP contribution in [0, 0.1) is 0 Å². The number of benzene rings is 1. The van der Waals surface area contributed by atoms with Gasteiger partial charge in [0.1, 0.15) is 0 Å². The van der Waals surface area contributed by atoms with E-state index >= 15 is 0 Å². The monoisotopic (exact) mass is 218 g/mol. The average molecular weight is 218 g/mol. The predicted molar refractivity (Wildman–Crippen MR) is 61.8 cm³/mol. The Bertz CT molecular complexity index is 496. The Kier molecular flexibility index (Phi) is 3.22. The van der Waals surface area contributed by atoms with Gasteiger partial charge in [-0.2, -0.15) is 0 Å². The number of hydrogen-bond acceptors (Lipinski definition) is 2. The molecule has 0 aliphatic heterocycles. The molecule has 0 saturated carbocycles. The lowest BCUT2D eigenvalue weighted by molar-refractivity contribution is 0.288. The Morgan fingerprint density at radius 1 is 1.25 bits per heavy atom. The lowest BCUT2D eigenvalue weighted by Gasteiger charge is -2.03. The number of imidazole rings is 1. The maximum atomic E-state index is 11.4. The number of nitrogens with zero attached hydrogens (tertiary/aromatic N) is 1. The molecule has 0 atom stereocenters. The van der Waals surface area contributed by atoms with Crippen molar-refractivity contribution in [1.82, 2.24) is 9.55 Å². The van der Waals surface area contributed by atoms with E-state index in [2.05, 4.69) is 4.98 Å². The summed E-state index contributed by atoms with van der Waals surface area (Å²) in [6.45, 7) is 0.207. The predicted octanol–water partition coefficient (Wildman–Crippen LogP) is 1.09. The maximum Gasteiger partial charge on any atom is 0.330 e. The fraction of sp³-hybridized carbons (Fsp3) is 0.250. The first-order valence-corrected chi connectivity index (χ1v) is 5.27. The molecule has 4 nitrogen and oxygen atoms in total. The summed E-state index contributed by atoms with van der Waals surface area (Å²) in [6, 6.07) is 7.76. The van der Waals surface area contributed by atoms with Gasteiger partial charge in [0, 0.05) is 19.0 Å². The molecule has 1 aromatic heterocycles. The minimum absolute atomic E-state index is 0.136. The summed E-state index contributed by atoms with van der Waals surface area (Å²) in [6.07, 6.45) is 4.94. The number of hydrogen-bond donors (Lipinski definition) is 2. The summed E-state index contributed by atoms with van der Waals surface area (Å²) >= 11 is 0. The standard InChI is InChI=1S/C12H14N2O2/c15-9-1-2-10-3-5-11(6-4-10)14-8-7-13-12(14)16/h3-8,15H,1-2,9H2,(H,13,16). The molecule has 84 valence electrons. The lowest BCUT2D eigenvalue weighted by Crippen LogP contribution is -2.13. The highest BCUT2D eigenvalue weighted by Crippen LogP contribution is 2.09. The lowest BCUT2D eigenvalue weighted by atomic mass is 10.1. The SMILES string of the molecule is O=c1[nH]ccn1-c1ccc(CCCO)cc1. The Hall–Kier alpha value is -1.81. The third kappa shape index (κ3) is 2.23. The largest absolute Gasteiger partial charge is 0.396 e. The molecule has 4 heteroatoms. The van der Waals surface area contributed by atoms with Gasteiger partial charge in [-0.1, -0.05) is 12.1 Å². The summed E-state index contributed by atoms with van der Waals surface area (Å²) in [5.74, 6) is 0. The highest BCUT2D eigenvalue weighted by Gasteiger charge is 1.99. The van der Waals surface area contributed by atoms with E-state index in [0.717, 1.165) is 18.5 Å². The second kappa shape index (κ2) is 4.81. The van der Waals surface area contributed by atoms with Crippen LogP contribution in [0.1, 0.15) is 12.0 Å². The molecule has 0 saturated heterocycles. The van der Waals surface area contributed by atoms with Gasteiger partial charge in [0.25, 0.3) is 0 Å². The molecule has 0 aliphatic carbocycles. The zero-order valence-electron chi connectivity index (χ0n) is 8.89. The molecule has 0 radical (unpaired) electrons. The number of aromatic amines is 1. The Balaban J connectivity index is 2.20. The molecule has 0 amide bonds. The van der Waals surface area contributed by atoms with Crippen LogP contribution < -0.4 is 5.69 Å². The number of aliphatic hydroxyl groups excluding tert-OH is 1. The van der Waals surface area contributed by atoms with Crippen molar-refractivity contribution in [3.63, 3.8) is 0 Å². The van der Waals surface area contributed by atoms with Crippen molar-refractivity contribution in [3.8, 4) is 5.69 Å². The van der Waals surface area contributed by atoms with Gasteiger partial charge in [0.05, 0.1) is 5.69 Å². The molecular formula is C12H14N2O2. The first kappa shape index (κ1) is 10.7. The Morgan fingerprint density at radius 2 is 2.00 bits per heavy atom. The molecule has 0 bridgehead atoms. The number of aromatic nitrogens is 2. The molecular weight excluding hydrogens is 204 g/mol. The molecule has 0 fully saturated rings. The van der Waals surface area contributed by atoms with Crippen molar-refractivity contribution in [3.05, 3.63) is 52.7 Å². The quantitative estimate of drug-likeness (QED) is 0.807. The van der Waals surface area contributed by atoms with Gasteiger partial charge in [0.15, 0.2) is 0 Å². The Morgan fingerprint density at radius 3 is 2.56 bits per heavy atom. The number of aryl methyl sites for hydroxylation is 1. The van der Waals surface area contributed by atoms with Gasteiger partial charge in [-0.25, -0.2) is 4.79 Å². The van der Waals surface area contributed by atoms with Crippen LogP contribution in [0.3, 0.4) is 0 Å². The topological polar surface area (TPSA) is 58.0 Å². The normalized spacial score (nSPS) is 10.6. The Labute approximate surface area is 93.2 Å². The molecule has 2 N–H and O–H groups in total. The van der Waals surface area contributed by atoms with Crippen LogP contribution in [0.5, 0.6) is 0 Å². The van der Waals surface area contributed by atoms with Crippen molar-refractivity contribution < 1.29 is 5.11 Å². The second-order valence-corrected chi connectivity index (χ2v) is 3.63. The van der Waals surface area contributed by atoms with E-state index < -0.39 is 0 Å². The van der Waals surface area contributed by atoms with Gasteiger partial charge in [0.2, 0.25) is 0 Å². The van der Waals surface area contributed by atoms with Crippen LogP contribution in [0.2, 0.25) is 0 Å². The highest BCUT2D eigenvalue weighted by atomic mass is 16.2. The van der Waals surface area contributed by atoms with Gasteiger partial charge < -0.3 is 10.1 Å². The molecule has 0 aliphatic rings. The number of H-pyrrole nitrogens is 1. The van der Waals surface area contributed by atoms with Gasteiger partial charge >= 0.3 is 5.69 Å². The maximum absolute atomic E-state index is 11.4. The van der Waals surface area contributed by atoms with Gasteiger partial charge in [-0.15, -0.1) is 0 Å². The second-order valence-electron chi connectivity index (χ2n) is 3.63. The van der Waals surface area contributed by atoms with Crippen LogP contribution in [0.15, 0.2) is 41.5 Å². The fourth-order valence-corrected chi connectivity index (χ4v) is 1.63. The van der Waals surface area contributed by atoms with E-state index in [4.69, 9.17) is 5.11 Å². The highest BCUT2D eigenvalue weighted by molar-refractivity contribution is 5.34. The van der Waals surface area contributed by atoms with E-state index in [1.165, 1.54) is 5.56 Å². The van der Waals surface area contributed by atoms with Crippen molar-refractivity contribution in [2.24, 2.45) is 0 Å². The summed E-state index contributed by atoms with van der Waals surface area (Å²) in [5.41, 5.74) is 1.88. The van der Waals surface area contributed by atoms with Gasteiger partial charge in [-0.3, -0.25) is 4.57 Å². The minimum Gasteiger partial charge on any atom is -0.396 e. The van der Waals surface area contributed by atoms with Crippen LogP contribution in [0.25, 0.3) is 5.69 Å². The van der Waals surface area contributed by atoms with Crippen LogP contribution in [-0.4, -0.2) is 21.3 Å². The summed E-state index contributed by atoms with van der Waals surface area (Å²) in [5, 5.41) is 8.72. The van der Waals surface area contributed by atoms with E-state index in [-0.39, 0.29) is 12.3 Å². The summed E-state index contributed by atoms with van der Waals surface area (Å²) in [4.78, 5) is 13.9. The number of aliphatic hydroxyl groups is 1. The number of rotatable bonds is 4. The zero-order chi connectivity index (χ0) is 11.4. The first-order valence-electron chi connectivity index (χ1n) is 5.27. The van der Waals surface area contributed by atoms with E-state index in [0.29, 0.717) is 0 Å². The van der Waals surface area contributed by atoms with Crippen LogP contribution >= 0.6 is 0 Å². The van der Waals surface area contributed by atoms with E-state index in [1.807, 2.05) is 24.3 Å². The molecule has 1 heterocycles. The molecule has 1 aromatic carbocycles. The third-order valence-corrected chi connectivity index (χ3v) is 2.49. The number of nitrogens with one attached hydrogen (secondary N) is 1. The van der Waals surface area contributed by atoms with E-state index in [9.17, 15) is 4.79 Å². The third-order valence-electron chi connectivity index (χ3n) is 2.49. The molecule has 0 unspecified atom stereocenters. The smallest absolute Gasteiger partial charge is 0.330 e. The average Bonchev–Trinajstić information content (AvgIpc) is 2.74. The fourth-order valence-electron chi connectivity index (χ4n) is 1.63.